The lowest BCUT2D eigenvalue weighted by molar-refractivity contribution is 0.984. The number of hydrogen-bond donors (Lipinski definition) is 0. The van der Waals surface area contributed by atoms with Crippen LogP contribution in [0.15, 0.2) is 0 Å². The van der Waals surface area contributed by atoms with Crippen molar-refractivity contribution in [1.29, 1.82) is 0 Å². The van der Waals surface area contributed by atoms with E-state index in [-0.39, 0.29) is 0 Å². The zero-order chi connectivity index (χ0) is 7.54. The second-order valence-corrected chi connectivity index (χ2v) is 1.45. The minimum absolute atomic E-state index is 0.917. The van der Waals surface area contributed by atoms with E-state index >= 15 is 0 Å². The summed E-state index contributed by atoms with van der Waals surface area (Å²) in [6.07, 6.45) is 6.91. The van der Waals surface area contributed by atoms with Crippen LogP contribution in [-0.4, -0.2) is 0 Å². The Morgan fingerprint density at radius 1 is 1.22 bits per heavy atom. The molecule has 0 saturated heterocycles. The van der Waals surface area contributed by atoms with Crippen LogP contribution in [0.4, 0.5) is 0 Å². The predicted molar refractivity (Wildman–Crippen MR) is 42.9 cm³/mol. The molecule has 0 aromatic heterocycles. The highest BCUT2D eigenvalue weighted by Crippen LogP contribution is 1.77. The van der Waals surface area contributed by atoms with Gasteiger partial charge < -0.3 is 0 Å². The average Bonchev–Trinajstić information content (AvgIpc) is 1.91. The maximum Gasteiger partial charge on any atom is 0.00834 e. The molecule has 0 N–H and O–H groups in total. The van der Waals surface area contributed by atoms with E-state index in [2.05, 4.69) is 24.7 Å². The van der Waals surface area contributed by atoms with E-state index in [1.807, 2.05) is 13.8 Å². The summed E-state index contributed by atoms with van der Waals surface area (Å²) in [7, 11) is 0. The first-order valence-corrected chi connectivity index (χ1v) is 3.10. The molecule has 0 nitrogen and oxygen atoms in total. The fraction of sp³-hybridized carbons (Fsp3) is 0.556. The van der Waals surface area contributed by atoms with Crippen LogP contribution < -0.4 is 0 Å². The molecule has 0 heteroatoms. The second kappa shape index (κ2) is 15.7. The van der Waals surface area contributed by atoms with E-state index in [0.717, 1.165) is 12.8 Å². The maximum absolute atomic E-state index is 4.89. The highest BCUT2D eigenvalue weighted by Gasteiger charge is 1.61. The molecule has 0 aliphatic rings. The Bertz CT molecular complexity index is 109. The normalized spacial score (nSPS) is 5.11. The monoisotopic (exact) mass is 122 g/mol. The molecular formula is C9H14. The van der Waals surface area contributed by atoms with Crippen molar-refractivity contribution in [3.63, 3.8) is 0 Å². The van der Waals surface area contributed by atoms with Crippen LogP contribution >= 0.6 is 0 Å². The Labute approximate surface area is 58.7 Å². The van der Waals surface area contributed by atoms with Gasteiger partial charge in [0.1, 0.15) is 0 Å². The van der Waals surface area contributed by atoms with Gasteiger partial charge in [-0.05, 0) is 20.3 Å². The SMILES string of the molecule is C#CCCC.CC#CC. The van der Waals surface area contributed by atoms with Gasteiger partial charge in [0.2, 0.25) is 0 Å². The molecule has 0 unspecified atom stereocenters. The average molecular weight is 122 g/mol. The standard InChI is InChI=1S/C5H8.C4H6/c1-3-5-4-2;1-3-4-2/h1H,4-5H2,2H3;1-2H3. The number of hydrogen-bond acceptors (Lipinski definition) is 0. The van der Waals surface area contributed by atoms with Crippen LogP contribution in [-0.2, 0) is 0 Å². The van der Waals surface area contributed by atoms with Gasteiger partial charge in [-0.3, -0.25) is 0 Å². The van der Waals surface area contributed by atoms with Gasteiger partial charge >= 0.3 is 0 Å². The zero-order valence-electron chi connectivity index (χ0n) is 6.49. The topological polar surface area (TPSA) is 0 Å². The van der Waals surface area contributed by atoms with Gasteiger partial charge in [-0.15, -0.1) is 24.2 Å². The van der Waals surface area contributed by atoms with Crippen LogP contribution in [0, 0.1) is 24.2 Å². The molecule has 0 aliphatic heterocycles. The quantitative estimate of drug-likeness (QED) is 0.469. The summed E-state index contributed by atoms with van der Waals surface area (Å²) in [4.78, 5) is 0. The van der Waals surface area contributed by atoms with Crippen molar-refractivity contribution in [1.82, 2.24) is 0 Å². The van der Waals surface area contributed by atoms with Crippen LogP contribution in [0.3, 0.4) is 0 Å². The van der Waals surface area contributed by atoms with E-state index in [9.17, 15) is 0 Å². The Hall–Kier alpha value is -0.880. The second-order valence-electron chi connectivity index (χ2n) is 1.45. The molecule has 0 spiro atoms. The minimum atomic E-state index is 0.917. The Kier molecular flexibility index (Phi) is 19.2. The molecule has 0 bridgehead atoms. The highest BCUT2D eigenvalue weighted by atomic mass is 13.7. The van der Waals surface area contributed by atoms with Crippen molar-refractivity contribution < 1.29 is 0 Å². The predicted octanol–water partition coefficient (Wildman–Crippen LogP) is 2.45. The van der Waals surface area contributed by atoms with Gasteiger partial charge in [-0.2, -0.15) is 0 Å². The van der Waals surface area contributed by atoms with Crippen LogP contribution in [0.25, 0.3) is 0 Å². The van der Waals surface area contributed by atoms with Crippen molar-refractivity contribution >= 4 is 0 Å². The maximum atomic E-state index is 4.89. The molecular weight excluding hydrogens is 108 g/mol. The molecule has 0 aliphatic carbocycles. The molecule has 0 radical (unpaired) electrons. The molecule has 0 rings (SSSR count). The summed E-state index contributed by atoms with van der Waals surface area (Å²) >= 11 is 0. The summed E-state index contributed by atoms with van der Waals surface area (Å²) in [5, 5.41) is 0. The first kappa shape index (κ1) is 11.0. The molecule has 0 amide bonds. The third-order valence-corrected chi connectivity index (χ3v) is 0.644. The third-order valence-electron chi connectivity index (χ3n) is 0.644. The summed E-state index contributed by atoms with van der Waals surface area (Å²) < 4.78 is 0. The van der Waals surface area contributed by atoms with E-state index < -0.39 is 0 Å². The van der Waals surface area contributed by atoms with Gasteiger partial charge in [0.05, 0.1) is 0 Å². The fourth-order valence-corrected chi connectivity index (χ4v) is 0.144. The van der Waals surface area contributed by atoms with Gasteiger partial charge in [0, 0.05) is 6.42 Å². The van der Waals surface area contributed by atoms with Crippen molar-refractivity contribution in [2.24, 2.45) is 0 Å². The van der Waals surface area contributed by atoms with Gasteiger partial charge in [-0.1, -0.05) is 6.92 Å². The lowest BCUT2D eigenvalue weighted by Gasteiger charge is -1.69. The summed E-state index contributed by atoms with van der Waals surface area (Å²) in [5.74, 6) is 7.88. The molecule has 0 fully saturated rings. The molecule has 50 valence electrons. The Morgan fingerprint density at radius 3 is 1.67 bits per heavy atom. The third kappa shape index (κ3) is 41.5. The fourth-order valence-electron chi connectivity index (χ4n) is 0.144. The molecule has 9 heavy (non-hydrogen) atoms. The lowest BCUT2D eigenvalue weighted by atomic mass is 10.4. The summed E-state index contributed by atoms with van der Waals surface area (Å²) in [6.45, 7) is 5.71. The number of rotatable bonds is 1. The first-order valence-electron chi connectivity index (χ1n) is 3.10. The van der Waals surface area contributed by atoms with Crippen LogP contribution in [0.1, 0.15) is 33.6 Å². The smallest absolute Gasteiger partial charge is 0.00834 e. The molecule has 0 atom stereocenters. The van der Waals surface area contributed by atoms with E-state index in [0.29, 0.717) is 0 Å². The van der Waals surface area contributed by atoms with Gasteiger partial charge in [0.25, 0.3) is 0 Å². The van der Waals surface area contributed by atoms with Crippen molar-refractivity contribution in [2.45, 2.75) is 33.6 Å². The van der Waals surface area contributed by atoms with Gasteiger partial charge in [-0.25, -0.2) is 0 Å². The Balaban J connectivity index is 0. The molecule has 0 aromatic rings. The number of terminal acetylenes is 1. The summed E-state index contributed by atoms with van der Waals surface area (Å²) in [6, 6.07) is 0. The van der Waals surface area contributed by atoms with E-state index in [4.69, 9.17) is 6.42 Å². The highest BCUT2D eigenvalue weighted by molar-refractivity contribution is 4.89. The lowest BCUT2D eigenvalue weighted by Crippen LogP contribution is -1.53. The molecule has 0 heterocycles. The van der Waals surface area contributed by atoms with E-state index in [1.54, 1.807) is 0 Å². The Morgan fingerprint density at radius 2 is 1.67 bits per heavy atom. The van der Waals surface area contributed by atoms with Crippen molar-refractivity contribution in [3.8, 4) is 24.2 Å². The van der Waals surface area contributed by atoms with Crippen LogP contribution in [0.2, 0.25) is 0 Å². The minimum Gasteiger partial charge on any atom is -0.120 e. The van der Waals surface area contributed by atoms with E-state index in [1.165, 1.54) is 0 Å². The largest absolute Gasteiger partial charge is 0.120 e. The number of unbranched alkanes of at least 4 members (excludes halogenated alkanes) is 1. The molecule has 0 aromatic carbocycles. The van der Waals surface area contributed by atoms with Crippen molar-refractivity contribution in [3.05, 3.63) is 0 Å². The molecule has 0 saturated carbocycles. The summed E-state index contributed by atoms with van der Waals surface area (Å²) in [5.41, 5.74) is 0. The first-order chi connectivity index (χ1) is 4.33. The van der Waals surface area contributed by atoms with Crippen molar-refractivity contribution in [2.75, 3.05) is 0 Å². The zero-order valence-corrected chi connectivity index (χ0v) is 6.49. The van der Waals surface area contributed by atoms with Crippen LogP contribution in [0.5, 0.6) is 0 Å². The van der Waals surface area contributed by atoms with Gasteiger partial charge in [0.15, 0.2) is 0 Å².